The van der Waals surface area contributed by atoms with E-state index < -0.39 is 0 Å². The summed E-state index contributed by atoms with van der Waals surface area (Å²) in [6, 6.07) is 0.750. The maximum absolute atomic E-state index is 4.64. The van der Waals surface area contributed by atoms with Crippen LogP contribution in [0.2, 0.25) is 0 Å². The third kappa shape index (κ3) is 5.00. The van der Waals surface area contributed by atoms with Crippen LogP contribution in [0.3, 0.4) is 0 Å². The fraction of sp³-hybridized carbons (Fsp3) is 0.929. The fourth-order valence-electron chi connectivity index (χ4n) is 2.17. The van der Waals surface area contributed by atoms with Crippen LogP contribution >= 0.6 is 0 Å². The summed E-state index contributed by atoms with van der Waals surface area (Å²) in [5, 5.41) is 0. The van der Waals surface area contributed by atoms with E-state index in [4.69, 9.17) is 0 Å². The molecule has 2 nitrogen and oxygen atoms in total. The summed E-state index contributed by atoms with van der Waals surface area (Å²) in [4.78, 5) is 7.12. The number of likely N-dealkylation sites (tertiary alicyclic amines) is 1. The van der Waals surface area contributed by atoms with E-state index in [2.05, 4.69) is 43.9 Å². The van der Waals surface area contributed by atoms with Crippen molar-refractivity contribution in [2.45, 2.75) is 77.8 Å². The molecule has 0 aliphatic carbocycles. The van der Waals surface area contributed by atoms with E-state index in [9.17, 15) is 0 Å². The van der Waals surface area contributed by atoms with Gasteiger partial charge in [-0.05, 0) is 46.5 Å². The number of rotatable bonds is 4. The van der Waals surface area contributed by atoms with Crippen molar-refractivity contribution in [2.75, 3.05) is 6.54 Å². The molecule has 1 unspecified atom stereocenters. The highest BCUT2D eigenvalue weighted by atomic mass is 15.2. The van der Waals surface area contributed by atoms with E-state index in [1.165, 1.54) is 45.1 Å². The van der Waals surface area contributed by atoms with Gasteiger partial charge in [-0.2, -0.15) is 0 Å². The zero-order chi connectivity index (χ0) is 12.0. The number of nitrogens with zero attached hydrogens (tertiary/aromatic N) is 2. The molecule has 0 radical (unpaired) electrons. The van der Waals surface area contributed by atoms with Crippen molar-refractivity contribution in [2.24, 2.45) is 4.99 Å². The molecule has 1 heterocycles. The number of hydrogen-bond donors (Lipinski definition) is 0. The van der Waals surface area contributed by atoms with Crippen molar-refractivity contribution in [3.05, 3.63) is 0 Å². The molecule has 0 spiro atoms. The van der Waals surface area contributed by atoms with Crippen molar-refractivity contribution in [1.29, 1.82) is 0 Å². The minimum absolute atomic E-state index is 0.0623. The van der Waals surface area contributed by atoms with Gasteiger partial charge in [-0.15, -0.1) is 0 Å². The lowest BCUT2D eigenvalue weighted by Crippen LogP contribution is -2.39. The Hall–Kier alpha value is -0.530. The van der Waals surface area contributed by atoms with Gasteiger partial charge >= 0.3 is 0 Å². The summed E-state index contributed by atoms with van der Waals surface area (Å²) in [6.07, 6.45) is 10.2. The highest BCUT2D eigenvalue weighted by Crippen LogP contribution is 2.20. The van der Waals surface area contributed by atoms with Gasteiger partial charge in [0.15, 0.2) is 0 Å². The molecule has 0 saturated carbocycles. The highest BCUT2D eigenvalue weighted by Gasteiger charge is 2.19. The average molecular weight is 224 g/mol. The van der Waals surface area contributed by atoms with Crippen LogP contribution in [0.15, 0.2) is 4.99 Å². The number of unbranched alkanes of at least 4 members (excludes halogenated alkanes) is 1. The molecular weight excluding hydrogens is 196 g/mol. The molecule has 0 aromatic rings. The first-order chi connectivity index (χ1) is 7.53. The normalized spacial score (nSPS) is 23.0. The van der Waals surface area contributed by atoms with E-state index in [1.54, 1.807) is 0 Å². The molecule has 0 aromatic heterocycles. The van der Waals surface area contributed by atoms with Crippen molar-refractivity contribution < 1.29 is 0 Å². The summed E-state index contributed by atoms with van der Waals surface area (Å²) in [6.45, 7) is 9.96. The van der Waals surface area contributed by atoms with Gasteiger partial charge in [0.1, 0.15) is 0 Å². The lowest BCUT2D eigenvalue weighted by atomic mass is 9.98. The van der Waals surface area contributed by atoms with E-state index in [1.807, 2.05) is 0 Å². The molecule has 1 fully saturated rings. The van der Waals surface area contributed by atoms with E-state index in [0.717, 1.165) is 6.04 Å². The molecule has 16 heavy (non-hydrogen) atoms. The van der Waals surface area contributed by atoms with Crippen LogP contribution in [0.5, 0.6) is 0 Å². The second-order valence-electron chi connectivity index (χ2n) is 5.95. The van der Waals surface area contributed by atoms with Crippen LogP contribution < -0.4 is 0 Å². The third-order valence-corrected chi connectivity index (χ3v) is 3.16. The SMILES string of the molecule is CCCCC1CCCCN1C=NC(C)(C)C. The smallest absolute Gasteiger partial charge is 0.0858 e. The van der Waals surface area contributed by atoms with Gasteiger partial charge in [0.25, 0.3) is 0 Å². The quantitative estimate of drug-likeness (QED) is 0.523. The minimum Gasteiger partial charge on any atom is -0.360 e. The van der Waals surface area contributed by atoms with Crippen LogP contribution in [-0.4, -0.2) is 29.4 Å². The van der Waals surface area contributed by atoms with E-state index in [0.29, 0.717) is 0 Å². The Bertz CT molecular complexity index is 215. The Morgan fingerprint density at radius 1 is 1.31 bits per heavy atom. The second-order valence-corrected chi connectivity index (χ2v) is 5.95. The summed E-state index contributed by atoms with van der Waals surface area (Å²) in [7, 11) is 0. The maximum Gasteiger partial charge on any atom is 0.0858 e. The van der Waals surface area contributed by atoms with Crippen LogP contribution in [0, 0.1) is 0 Å². The first-order valence-electron chi connectivity index (χ1n) is 6.84. The molecule has 1 aliphatic rings. The van der Waals surface area contributed by atoms with Crippen molar-refractivity contribution >= 4 is 6.34 Å². The number of aliphatic imine (C=N–C) groups is 1. The molecule has 94 valence electrons. The summed E-state index contributed by atoms with van der Waals surface area (Å²) in [5.41, 5.74) is 0.0623. The summed E-state index contributed by atoms with van der Waals surface area (Å²) < 4.78 is 0. The summed E-state index contributed by atoms with van der Waals surface area (Å²) >= 11 is 0. The summed E-state index contributed by atoms with van der Waals surface area (Å²) in [5.74, 6) is 0. The molecule has 1 aliphatic heterocycles. The standard InChI is InChI=1S/C14H28N2/c1-5-6-9-13-10-7-8-11-16(13)12-15-14(2,3)4/h12-13H,5-11H2,1-4H3. The van der Waals surface area contributed by atoms with E-state index >= 15 is 0 Å². The molecule has 0 N–H and O–H groups in total. The van der Waals surface area contributed by atoms with Crippen molar-refractivity contribution in [1.82, 2.24) is 4.90 Å². The Labute approximate surface area is 101 Å². The van der Waals surface area contributed by atoms with Gasteiger partial charge in [-0.3, -0.25) is 4.99 Å². The van der Waals surface area contributed by atoms with Crippen LogP contribution in [0.4, 0.5) is 0 Å². The van der Waals surface area contributed by atoms with Gasteiger partial charge in [-0.25, -0.2) is 0 Å². The Morgan fingerprint density at radius 2 is 2.06 bits per heavy atom. The molecule has 0 aromatic carbocycles. The zero-order valence-electron chi connectivity index (χ0n) is 11.5. The van der Waals surface area contributed by atoms with Gasteiger partial charge < -0.3 is 4.90 Å². The lowest BCUT2D eigenvalue weighted by Gasteiger charge is -2.35. The van der Waals surface area contributed by atoms with Gasteiger partial charge in [0.2, 0.25) is 0 Å². The topological polar surface area (TPSA) is 15.6 Å². The monoisotopic (exact) mass is 224 g/mol. The molecule has 1 atom stereocenters. The zero-order valence-corrected chi connectivity index (χ0v) is 11.5. The molecule has 1 saturated heterocycles. The molecule has 2 heteroatoms. The maximum atomic E-state index is 4.64. The largest absolute Gasteiger partial charge is 0.360 e. The first-order valence-corrected chi connectivity index (χ1v) is 6.84. The first kappa shape index (κ1) is 13.5. The van der Waals surface area contributed by atoms with Crippen molar-refractivity contribution in [3.63, 3.8) is 0 Å². The highest BCUT2D eigenvalue weighted by molar-refractivity contribution is 5.56. The predicted molar refractivity (Wildman–Crippen MR) is 72.1 cm³/mol. The molecule has 0 amide bonds. The van der Waals surface area contributed by atoms with Crippen LogP contribution in [0.25, 0.3) is 0 Å². The Morgan fingerprint density at radius 3 is 2.69 bits per heavy atom. The lowest BCUT2D eigenvalue weighted by molar-refractivity contribution is 0.231. The van der Waals surface area contributed by atoms with Crippen LogP contribution in [-0.2, 0) is 0 Å². The molecule has 1 rings (SSSR count). The Kier molecular flexibility index (Phi) is 5.30. The van der Waals surface area contributed by atoms with E-state index in [-0.39, 0.29) is 5.54 Å². The fourth-order valence-corrected chi connectivity index (χ4v) is 2.17. The van der Waals surface area contributed by atoms with Crippen LogP contribution in [0.1, 0.15) is 66.2 Å². The predicted octanol–water partition coefficient (Wildman–Crippen LogP) is 3.86. The minimum atomic E-state index is 0.0623. The molecular formula is C14H28N2. The third-order valence-electron chi connectivity index (χ3n) is 3.16. The average Bonchev–Trinajstić information content (AvgIpc) is 2.23. The van der Waals surface area contributed by atoms with Crippen molar-refractivity contribution in [3.8, 4) is 0 Å². The van der Waals surface area contributed by atoms with Gasteiger partial charge in [-0.1, -0.05) is 19.8 Å². The number of piperidine rings is 1. The molecule has 0 bridgehead atoms. The Balaban J connectivity index is 2.49. The van der Waals surface area contributed by atoms with Gasteiger partial charge in [0, 0.05) is 12.6 Å². The van der Waals surface area contributed by atoms with Gasteiger partial charge in [0.05, 0.1) is 11.9 Å². The number of hydrogen-bond acceptors (Lipinski definition) is 1. The second kappa shape index (κ2) is 6.27.